The molecule has 2 saturated heterocycles. The molecule has 4 rings (SSSR count). The quantitative estimate of drug-likeness (QED) is 0.690. The lowest BCUT2D eigenvalue weighted by Gasteiger charge is -2.44. The molecular formula is C26H32N2O5. The van der Waals surface area contributed by atoms with E-state index in [9.17, 15) is 9.59 Å². The molecule has 2 aromatic carbocycles. The van der Waals surface area contributed by atoms with E-state index in [1.165, 1.54) is 0 Å². The Labute approximate surface area is 195 Å². The van der Waals surface area contributed by atoms with Gasteiger partial charge in [0.1, 0.15) is 11.5 Å². The van der Waals surface area contributed by atoms with Gasteiger partial charge in [0.15, 0.2) is 0 Å². The number of carbonyl (C=O) groups is 2. The number of amides is 2. The normalized spacial score (nSPS) is 25.6. The third-order valence-corrected chi connectivity index (χ3v) is 6.45. The second kappa shape index (κ2) is 9.83. The van der Waals surface area contributed by atoms with E-state index in [4.69, 9.17) is 14.2 Å². The average Bonchev–Trinajstić information content (AvgIpc) is 2.83. The highest BCUT2D eigenvalue weighted by Gasteiger charge is 2.43. The number of carbonyl (C=O) groups excluding carboxylic acids is 2. The highest BCUT2D eigenvalue weighted by atomic mass is 16.5. The molecule has 0 radical (unpaired) electrons. The van der Waals surface area contributed by atoms with Crippen molar-refractivity contribution in [2.45, 2.75) is 44.9 Å². The minimum atomic E-state index is -0.411. The highest BCUT2D eigenvalue weighted by Crippen LogP contribution is 2.41. The van der Waals surface area contributed by atoms with E-state index in [1.807, 2.05) is 67.3 Å². The first-order chi connectivity index (χ1) is 15.9. The van der Waals surface area contributed by atoms with Gasteiger partial charge in [0, 0.05) is 25.2 Å². The molecule has 7 heteroatoms. The molecule has 0 bridgehead atoms. The molecule has 7 nitrogen and oxygen atoms in total. The van der Waals surface area contributed by atoms with E-state index in [0.29, 0.717) is 31.7 Å². The van der Waals surface area contributed by atoms with Gasteiger partial charge in [-0.05, 0) is 62.2 Å². The number of morpholine rings is 1. The van der Waals surface area contributed by atoms with Crippen LogP contribution in [0.3, 0.4) is 0 Å². The standard InChI is InChI=1S/C26H32N2O5/c1-17-15-27(16-18(2)33-17)26(30)23-13-14-24(29)28(20-7-11-22(32-4)12-8-20)25(23)19-5-9-21(31-3)10-6-19/h5-12,17-18,23,25H,13-16H2,1-4H3/t17-,18-,23-,25-/m1/s1. The Hall–Kier alpha value is -3.06. The lowest BCUT2D eigenvalue weighted by molar-refractivity contribution is -0.149. The zero-order valence-electron chi connectivity index (χ0n) is 19.7. The maximum absolute atomic E-state index is 13.8. The Balaban J connectivity index is 1.73. The number of benzene rings is 2. The molecule has 2 amide bonds. The molecule has 0 unspecified atom stereocenters. The third kappa shape index (κ3) is 4.83. The zero-order chi connectivity index (χ0) is 23.5. The van der Waals surface area contributed by atoms with Gasteiger partial charge in [-0.3, -0.25) is 9.59 Å². The second-order valence-electron chi connectivity index (χ2n) is 8.83. The lowest BCUT2D eigenvalue weighted by Crippen LogP contribution is -2.54. The van der Waals surface area contributed by atoms with Crippen molar-refractivity contribution in [3.8, 4) is 11.5 Å². The minimum absolute atomic E-state index is 0.00810. The van der Waals surface area contributed by atoms with Gasteiger partial charge in [-0.1, -0.05) is 12.1 Å². The van der Waals surface area contributed by atoms with Crippen molar-refractivity contribution >= 4 is 17.5 Å². The summed E-state index contributed by atoms with van der Waals surface area (Å²) in [4.78, 5) is 30.7. The van der Waals surface area contributed by atoms with E-state index in [-0.39, 0.29) is 29.9 Å². The Morgan fingerprint density at radius 3 is 2.00 bits per heavy atom. The molecule has 2 aliphatic rings. The molecular weight excluding hydrogens is 420 g/mol. The molecule has 4 atom stereocenters. The summed E-state index contributed by atoms with van der Waals surface area (Å²) < 4.78 is 16.4. The summed E-state index contributed by atoms with van der Waals surface area (Å²) in [6.45, 7) is 5.10. The smallest absolute Gasteiger partial charge is 0.228 e. The Morgan fingerprint density at radius 1 is 0.909 bits per heavy atom. The lowest BCUT2D eigenvalue weighted by atomic mass is 9.82. The molecule has 2 aromatic rings. The maximum Gasteiger partial charge on any atom is 0.228 e. The van der Waals surface area contributed by atoms with Crippen molar-refractivity contribution in [3.05, 3.63) is 54.1 Å². The fraction of sp³-hybridized carbons (Fsp3) is 0.462. The Morgan fingerprint density at radius 2 is 1.45 bits per heavy atom. The number of methoxy groups -OCH3 is 2. The fourth-order valence-electron chi connectivity index (χ4n) is 4.97. The number of hydrogen-bond donors (Lipinski definition) is 0. The van der Waals surface area contributed by atoms with Gasteiger partial charge in [-0.15, -0.1) is 0 Å². The van der Waals surface area contributed by atoms with Crippen molar-refractivity contribution in [1.29, 1.82) is 0 Å². The van der Waals surface area contributed by atoms with Crippen LogP contribution in [0.25, 0.3) is 0 Å². The number of rotatable bonds is 5. The van der Waals surface area contributed by atoms with Crippen LogP contribution < -0.4 is 14.4 Å². The van der Waals surface area contributed by atoms with Crippen LogP contribution in [-0.2, 0) is 14.3 Å². The molecule has 0 aromatic heterocycles. The van der Waals surface area contributed by atoms with Gasteiger partial charge in [0.2, 0.25) is 11.8 Å². The SMILES string of the molecule is COc1ccc([C@@H]2[C@H](C(=O)N3C[C@@H](C)O[C@H](C)C3)CCC(=O)N2c2ccc(OC)cc2)cc1. The summed E-state index contributed by atoms with van der Waals surface area (Å²) in [6.07, 6.45) is 0.811. The van der Waals surface area contributed by atoms with Gasteiger partial charge < -0.3 is 24.0 Å². The van der Waals surface area contributed by atoms with Crippen molar-refractivity contribution < 1.29 is 23.8 Å². The number of piperidine rings is 1. The predicted molar refractivity (Wildman–Crippen MR) is 126 cm³/mol. The van der Waals surface area contributed by atoms with Crippen LogP contribution in [0.4, 0.5) is 5.69 Å². The van der Waals surface area contributed by atoms with E-state index in [0.717, 1.165) is 17.0 Å². The zero-order valence-corrected chi connectivity index (χ0v) is 19.7. The summed E-state index contributed by atoms with van der Waals surface area (Å²) in [5, 5.41) is 0. The van der Waals surface area contributed by atoms with Gasteiger partial charge in [-0.25, -0.2) is 0 Å². The monoisotopic (exact) mass is 452 g/mol. The van der Waals surface area contributed by atoms with Crippen LogP contribution in [0.15, 0.2) is 48.5 Å². The van der Waals surface area contributed by atoms with Crippen LogP contribution in [0.1, 0.15) is 38.3 Å². The highest BCUT2D eigenvalue weighted by molar-refractivity contribution is 5.97. The van der Waals surface area contributed by atoms with E-state index >= 15 is 0 Å². The van der Waals surface area contributed by atoms with Crippen LogP contribution in [-0.4, -0.2) is 56.2 Å². The van der Waals surface area contributed by atoms with Gasteiger partial charge in [-0.2, -0.15) is 0 Å². The first-order valence-corrected chi connectivity index (χ1v) is 11.5. The van der Waals surface area contributed by atoms with E-state index in [1.54, 1.807) is 19.1 Å². The van der Waals surface area contributed by atoms with Gasteiger partial charge >= 0.3 is 0 Å². The fourth-order valence-corrected chi connectivity index (χ4v) is 4.97. The number of hydrogen-bond acceptors (Lipinski definition) is 5. The summed E-state index contributed by atoms with van der Waals surface area (Å²) in [5.74, 6) is 1.18. The number of anilines is 1. The first kappa shape index (κ1) is 23.1. The summed E-state index contributed by atoms with van der Waals surface area (Å²) >= 11 is 0. The summed E-state index contributed by atoms with van der Waals surface area (Å²) in [7, 11) is 3.23. The van der Waals surface area contributed by atoms with Crippen molar-refractivity contribution in [1.82, 2.24) is 4.90 Å². The van der Waals surface area contributed by atoms with Crippen molar-refractivity contribution in [2.75, 3.05) is 32.2 Å². The second-order valence-corrected chi connectivity index (χ2v) is 8.83. The van der Waals surface area contributed by atoms with Crippen LogP contribution in [0, 0.1) is 5.92 Å². The first-order valence-electron chi connectivity index (χ1n) is 11.5. The Bertz CT molecular complexity index is 965. The molecule has 176 valence electrons. The molecule has 2 heterocycles. The van der Waals surface area contributed by atoms with Crippen LogP contribution in [0.5, 0.6) is 11.5 Å². The molecule has 2 aliphatic heterocycles. The molecule has 0 N–H and O–H groups in total. The minimum Gasteiger partial charge on any atom is -0.497 e. The Kier molecular flexibility index (Phi) is 6.88. The molecule has 2 fully saturated rings. The predicted octanol–water partition coefficient (Wildman–Crippen LogP) is 3.82. The molecule has 0 saturated carbocycles. The molecule has 0 spiro atoms. The maximum atomic E-state index is 13.8. The van der Waals surface area contributed by atoms with Crippen LogP contribution >= 0.6 is 0 Å². The molecule has 33 heavy (non-hydrogen) atoms. The van der Waals surface area contributed by atoms with Gasteiger partial charge in [0.25, 0.3) is 0 Å². The van der Waals surface area contributed by atoms with Gasteiger partial charge in [0.05, 0.1) is 38.4 Å². The van der Waals surface area contributed by atoms with Crippen molar-refractivity contribution in [3.63, 3.8) is 0 Å². The largest absolute Gasteiger partial charge is 0.497 e. The molecule has 0 aliphatic carbocycles. The van der Waals surface area contributed by atoms with Crippen molar-refractivity contribution in [2.24, 2.45) is 5.92 Å². The third-order valence-electron chi connectivity index (χ3n) is 6.45. The van der Waals surface area contributed by atoms with E-state index < -0.39 is 6.04 Å². The topological polar surface area (TPSA) is 68.3 Å². The van der Waals surface area contributed by atoms with E-state index in [2.05, 4.69) is 0 Å². The summed E-state index contributed by atoms with van der Waals surface area (Å²) in [6, 6.07) is 14.7. The average molecular weight is 453 g/mol. The number of ether oxygens (including phenoxy) is 3. The number of nitrogens with zero attached hydrogens (tertiary/aromatic N) is 2. The van der Waals surface area contributed by atoms with Crippen LogP contribution in [0.2, 0.25) is 0 Å². The summed E-state index contributed by atoms with van der Waals surface area (Å²) in [5.41, 5.74) is 1.66.